The molecule has 0 aromatic rings. The van der Waals surface area contributed by atoms with E-state index in [1.165, 1.54) is 12.8 Å². The van der Waals surface area contributed by atoms with Crippen LogP contribution in [0.4, 0.5) is 0 Å². The van der Waals surface area contributed by atoms with E-state index in [4.69, 9.17) is 0 Å². The maximum atomic E-state index is 11.2. The zero-order chi connectivity index (χ0) is 14.0. The summed E-state index contributed by atoms with van der Waals surface area (Å²) in [5, 5.41) is 18.4. The van der Waals surface area contributed by atoms with Crippen molar-refractivity contribution in [2.24, 2.45) is 5.41 Å². The largest absolute Gasteiger partial charge is 0.480 e. The van der Waals surface area contributed by atoms with E-state index in [1.807, 2.05) is 6.92 Å². The average molecular weight is 258 g/mol. The summed E-state index contributed by atoms with van der Waals surface area (Å²) in [4.78, 5) is 22.5. The van der Waals surface area contributed by atoms with Crippen molar-refractivity contribution in [2.75, 3.05) is 0 Å². The van der Waals surface area contributed by atoms with Gasteiger partial charge < -0.3 is 10.2 Å². The van der Waals surface area contributed by atoms with Crippen LogP contribution in [0.2, 0.25) is 0 Å². The van der Waals surface area contributed by atoms with Gasteiger partial charge in [-0.1, -0.05) is 58.8 Å². The highest BCUT2D eigenvalue weighted by Crippen LogP contribution is 2.31. The van der Waals surface area contributed by atoms with E-state index in [1.54, 1.807) is 0 Å². The fourth-order valence-electron chi connectivity index (χ4n) is 2.28. The van der Waals surface area contributed by atoms with Gasteiger partial charge in [0, 0.05) is 0 Å². The van der Waals surface area contributed by atoms with Crippen molar-refractivity contribution in [1.82, 2.24) is 0 Å². The first-order valence-corrected chi connectivity index (χ1v) is 6.98. The second-order valence-corrected chi connectivity index (χ2v) is 4.96. The predicted molar refractivity (Wildman–Crippen MR) is 70.6 cm³/mol. The van der Waals surface area contributed by atoms with Gasteiger partial charge in [0.1, 0.15) is 0 Å². The summed E-state index contributed by atoms with van der Waals surface area (Å²) in [7, 11) is 0. The van der Waals surface area contributed by atoms with Crippen molar-refractivity contribution in [2.45, 2.75) is 71.6 Å². The molecule has 0 amide bonds. The number of unbranched alkanes of at least 4 members (excludes halogenated alkanes) is 5. The van der Waals surface area contributed by atoms with Gasteiger partial charge in [0.25, 0.3) is 0 Å². The van der Waals surface area contributed by atoms with Gasteiger partial charge in [-0.25, -0.2) is 0 Å². The third kappa shape index (κ3) is 5.07. The lowest BCUT2D eigenvalue weighted by molar-refractivity contribution is -0.166. The SMILES string of the molecule is CCCCCCCCC(CCC)(C(=O)O)C(=O)O. The van der Waals surface area contributed by atoms with Crippen molar-refractivity contribution in [1.29, 1.82) is 0 Å². The Hall–Kier alpha value is -1.06. The number of carboxylic acid groups (broad SMARTS) is 2. The van der Waals surface area contributed by atoms with Crippen LogP contribution in [-0.4, -0.2) is 22.2 Å². The van der Waals surface area contributed by atoms with Gasteiger partial charge in [-0.05, 0) is 12.8 Å². The Bertz CT molecular complexity index is 247. The third-order valence-corrected chi connectivity index (χ3v) is 3.45. The van der Waals surface area contributed by atoms with Crippen molar-refractivity contribution in [3.8, 4) is 0 Å². The molecule has 4 heteroatoms. The lowest BCUT2D eigenvalue weighted by Gasteiger charge is -2.24. The van der Waals surface area contributed by atoms with E-state index >= 15 is 0 Å². The maximum absolute atomic E-state index is 11.2. The number of hydrogen-bond acceptors (Lipinski definition) is 2. The standard InChI is InChI=1S/C14H26O4/c1-3-5-6-7-8-9-11-14(10-4-2,12(15)16)13(17)18/h3-11H2,1-2H3,(H,15,16)(H,17,18). The first kappa shape index (κ1) is 16.9. The molecule has 0 radical (unpaired) electrons. The molecule has 0 heterocycles. The van der Waals surface area contributed by atoms with Crippen molar-refractivity contribution >= 4 is 11.9 Å². The first-order valence-electron chi connectivity index (χ1n) is 6.98. The second kappa shape index (κ2) is 8.95. The van der Waals surface area contributed by atoms with E-state index in [2.05, 4.69) is 6.92 Å². The molecular weight excluding hydrogens is 232 g/mol. The van der Waals surface area contributed by atoms with Gasteiger partial charge in [0.15, 0.2) is 5.41 Å². The number of carbonyl (C=O) groups is 2. The molecule has 2 N–H and O–H groups in total. The molecule has 106 valence electrons. The van der Waals surface area contributed by atoms with E-state index < -0.39 is 17.4 Å². The molecule has 0 saturated heterocycles. The Morgan fingerprint density at radius 3 is 1.72 bits per heavy atom. The van der Waals surface area contributed by atoms with Crippen LogP contribution in [0.1, 0.15) is 71.6 Å². The van der Waals surface area contributed by atoms with Gasteiger partial charge in [0.2, 0.25) is 0 Å². The lowest BCUT2D eigenvalue weighted by atomic mass is 9.78. The van der Waals surface area contributed by atoms with E-state index in [9.17, 15) is 19.8 Å². The molecule has 0 aromatic carbocycles. The van der Waals surface area contributed by atoms with E-state index in [-0.39, 0.29) is 12.8 Å². The highest BCUT2D eigenvalue weighted by molar-refractivity contribution is 5.98. The van der Waals surface area contributed by atoms with Crippen LogP contribution < -0.4 is 0 Å². The summed E-state index contributed by atoms with van der Waals surface area (Å²) in [5.74, 6) is -2.38. The second-order valence-electron chi connectivity index (χ2n) is 4.96. The fraction of sp³-hybridized carbons (Fsp3) is 0.857. The van der Waals surface area contributed by atoms with Crippen molar-refractivity contribution < 1.29 is 19.8 Å². The van der Waals surface area contributed by atoms with Gasteiger partial charge in [-0.2, -0.15) is 0 Å². The molecular formula is C14H26O4. The minimum Gasteiger partial charge on any atom is -0.480 e. The molecule has 0 atom stereocenters. The van der Waals surface area contributed by atoms with Gasteiger partial charge in [-0.15, -0.1) is 0 Å². The van der Waals surface area contributed by atoms with Crippen LogP contribution in [-0.2, 0) is 9.59 Å². The summed E-state index contributed by atoms with van der Waals surface area (Å²) < 4.78 is 0. The zero-order valence-electron chi connectivity index (χ0n) is 11.6. The van der Waals surface area contributed by atoms with Gasteiger partial charge >= 0.3 is 11.9 Å². The molecule has 0 unspecified atom stereocenters. The fourth-order valence-corrected chi connectivity index (χ4v) is 2.28. The summed E-state index contributed by atoms with van der Waals surface area (Å²) in [6.07, 6.45) is 7.22. The number of aliphatic carboxylic acids is 2. The van der Waals surface area contributed by atoms with Gasteiger partial charge in [-0.3, -0.25) is 9.59 Å². The molecule has 0 saturated carbocycles. The van der Waals surface area contributed by atoms with Crippen molar-refractivity contribution in [3.05, 3.63) is 0 Å². The van der Waals surface area contributed by atoms with Crippen molar-refractivity contribution in [3.63, 3.8) is 0 Å². The Labute approximate surface area is 109 Å². The Morgan fingerprint density at radius 1 is 0.778 bits per heavy atom. The van der Waals surface area contributed by atoms with Crippen LogP contribution in [0.15, 0.2) is 0 Å². The highest BCUT2D eigenvalue weighted by Gasteiger charge is 2.44. The van der Waals surface area contributed by atoms with Crippen LogP contribution in [0, 0.1) is 5.41 Å². The molecule has 0 aliphatic carbocycles. The molecule has 0 aliphatic heterocycles. The van der Waals surface area contributed by atoms with Gasteiger partial charge in [0.05, 0.1) is 0 Å². The van der Waals surface area contributed by atoms with E-state index in [0.29, 0.717) is 12.8 Å². The third-order valence-electron chi connectivity index (χ3n) is 3.45. The number of hydrogen-bond donors (Lipinski definition) is 2. The van der Waals surface area contributed by atoms with E-state index in [0.717, 1.165) is 19.3 Å². The Balaban J connectivity index is 4.25. The molecule has 0 aliphatic rings. The van der Waals surface area contributed by atoms with Crippen LogP contribution >= 0.6 is 0 Å². The maximum Gasteiger partial charge on any atom is 0.321 e. The minimum absolute atomic E-state index is 0.215. The summed E-state index contributed by atoms with van der Waals surface area (Å²) in [6, 6.07) is 0. The average Bonchev–Trinajstić information content (AvgIpc) is 2.31. The topological polar surface area (TPSA) is 74.6 Å². The smallest absolute Gasteiger partial charge is 0.321 e. The quantitative estimate of drug-likeness (QED) is 0.438. The Kier molecular flexibility index (Phi) is 8.42. The summed E-state index contributed by atoms with van der Waals surface area (Å²) >= 11 is 0. The lowest BCUT2D eigenvalue weighted by Crippen LogP contribution is -2.39. The molecule has 18 heavy (non-hydrogen) atoms. The number of rotatable bonds is 11. The molecule has 0 bridgehead atoms. The summed E-state index contributed by atoms with van der Waals surface area (Å²) in [6.45, 7) is 3.96. The van der Waals surface area contributed by atoms with Crippen LogP contribution in [0.5, 0.6) is 0 Å². The molecule has 4 nitrogen and oxygen atoms in total. The molecule has 0 spiro atoms. The minimum atomic E-state index is -1.57. The number of carboxylic acids is 2. The first-order chi connectivity index (χ1) is 8.51. The van der Waals surface area contributed by atoms with Crippen LogP contribution in [0.3, 0.4) is 0 Å². The predicted octanol–water partition coefficient (Wildman–Crippen LogP) is 3.69. The zero-order valence-corrected chi connectivity index (χ0v) is 11.6. The highest BCUT2D eigenvalue weighted by atomic mass is 16.4. The van der Waals surface area contributed by atoms with Crippen LogP contribution in [0.25, 0.3) is 0 Å². The monoisotopic (exact) mass is 258 g/mol. The molecule has 0 fully saturated rings. The molecule has 0 aromatic heterocycles. The normalized spacial score (nSPS) is 11.4. The molecule has 0 rings (SSSR count). The Morgan fingerprint density at radius 2 is 1.28 bits per heavy atom. The summed E-state index contributed by atoms with van der Waals surface area (Å²) in [5.41, 5.74) is -1.57.